The van der Waals surface area contributed by atoms with Crippen LogP contribution in [0, 0.1) is 11.7 Å². The molecule has 21 heavy (non-hydrogen) atoms. The highest BCUT2D eigenvalue weighted by Crippen LogP contribution is 2.32. The van der Waals surface area contributed by atoms with E-state index in [4.69, 9.17) is 4.74 Å². The number of hydrogen-bond donors (Lipinski definition) is 1. The summed E-state index contributed by atoms with van der Waals surface area (Å²) in [5.74, 6) is -0.813. The first-order valence-corrected chi connectivity index (χ1v) is 7.31. The third kappa shape index (κ3) is 3.39. The zero-order valence-electron chi connectivity index (χ0n) is 12.0. The maximum Gasteiger partial charge on any atom is 0.347 e. The second kappa shape index (κ2) is 6.22. The van der Waals surface area contributed by atoms with Crippen LogP contribution in [-0.4, -0.2) is 23.2 Å². The molecule has 0 unspecified atom stereocenters. The lowest BCUT2D eigenvalue weighted by Gasteiger charge is -2.03. The van der Waals surface area contributed by atoms with Crippen LogP contribution in [0.25, 0.3) is 10.6 Å². The molecule has 0 saturated carbocycles. The Morgan fingerprint density at radius 1 is 1.48 bits per heavy atom. The van der Waals surface area contributed by atoms with Crippen LogP contribution >= 0.6 is 11.3 Å². The minimum absolute atomic E-state index is 0.175. The number of hydrogen-bond acceptors (Lipinski definition) is 4. The molecule has 1 aromatic carbocycles. The van der Waals surface area contributed by atoms with Gasteiger partial charge in [-0.2, -0.15) is 0 Å². The van der Waals surface area contributed by atoms with Crippen LogP contribution in [0.5, 0.6) is 5.75 Å². The zero-order valence-corrected chi connectivity index (χ0v) is 12.8. The van der Waals surface area contributed by atoms with Gasteiger partial charge < -0.3 is 9.84 Å². The molecule has 112 valence electrons. The monoisotopic (exact) mass is 309 g/mol. The average Bonchev–Trinajstić information content (AvgIpc) is 2.81. The molecule has 0 atom stereocenters. The summed E-state index contributed by atoms with van der Waals surface area (Å²) in [6, 6.07) is 4.44. The summed E-state index contributed by atoms with van der Waals surface area (Å²) >= 11 is 0.999. The number of halogens is 1. The van der Waals surface area contributed by atoms with Crippen molar-refractivity contribution >= 4 is 17.3 Å². The van der Waals surface area contributed by atoms with E-state index < -0.39 is 11.8 Å². The van der Waals surface area contributed by atoms with Crippen molar-refractivity contribution in [3.8, 4) is 16.3 Å². The van der Waals surface area contributed by atoms with Crippen molar-refractivity contribution in [2.45, 2.75) is 20.3 Å². The van der Waals surface area contributed by atoms with Crippen LogP contribution in [0.15, 0.2) is 18.2 Å². The molecule has 0 amide bonds. The van der Waals surface area contributed by atoms with Gasteiger partial charge in [-0.15, -0.1) is 11.3 Å². The van der Waals surface area contributed by atoms with Gasteiger partial charge in [-0.25, -0.2) is 14.2 Å². The molecule has 0 spiro atoms. The lowest BCUT2D eigenvalue weighted by Crippen LogP contribution is -2.02. The number of aromatic nitrogens is 1. The van der Waals surface area contributed by atoms with E-state index >= 15 is 0 Å². The molecule has 0 aliphatic heterocycles. The maximum atomic E-state index is 14.1. The van der Waals surface area contributed by atoms with Crippen molar-refractivity contribution in [2.75, 3.05) is 7.11 Å². The van der Waals surface area contributed by atoms with E-state index in [1.165, 1.54) is 13.2 Å². The van der Waals surface area contributed by atoms with Gasteiger partial charge in [0.15, 0.2) is 0 Å². The highest BCUT2D eigenvalue weighted by atomic mass is 32.1. The number of rotatable bonds is 5. The molecular weight excluding hydrogens is 293 g/mol. The van der Waals surface area contributed by atoms with Crippen LogP contribution in [0.2, 0.25) is 0 Å². The highest BCUT2D eigenvalue weighted by molar-refractivity contribution is 7.17. The van der Waals surface area contributed by atoms with E-state index in [1.807, 2.05) is 13.8 Å². The van der Waals surface area contributed by atoms with Crippen LogP contribution < -0.4 is 4.74 Å². The fourth-order valence-electron chi connectivity index (χ4n) is 1.96. The van der Waals surface area contributed by atoms with E-state index in [9.17, 15) is 14.3 Å². The molecule has 0 fully saturated rings. The number of aromatic carboxylic acids is 1. The molecule has 2 rings (SSSR count). The van der Waals surface area contributed by atoms with Gasteiger partial charge in [0.05, 0.1) is 12.8 Å². The average molecular weight is 309 g/mol. The van der Waals surface area contributed by atoms with E-state index in [2.05, 4.69) is 4.98 Å². The first-order chi connectivity index (χ1) is 9.92. The Balaban J connectivity index is 2.47. The van der Waals surface area contributed by atoms with Gasteiger partial charge in [0, 0.05) is 11.6 Å². The first kappa shape index (κ1) is 15.4. The van der Waals surface area contributed by atoms with Crippen LogP contribution in [0.4, 0.5) is 4.39 Å². The van der Waals surface area contributed by atoms with Crippen molar-refractivity contribution in [3.63, 3.8) is 0 Å². The minimum atomic E-state index is -1.02. The number of carboxylic acids is 1. The number of nitrogens with zero attached hydrogens (tertiary/aromatic N) is 1. The van der Waals surface area contributed by atoms with Crippen LogP contribution in [-0.2, 0) is 6.42 Å². The van der Waals surface area contributed by atoms with Crippen molar-refractivity contribution in [1.29, 1.82) is 0 Å². The third-order valence-corrected chi connectivity index (χ3v) is 4.02. The molecule has 2 aromatic rings. The zero-order chi connectivity index (χ0) is 15.6. The summed E-state index contributed by atoms with van der Waals surface area (Å²) in [4.78, 5) is 15.8. The van der Waals surface area contributed by atoms with Crippen molar-refractivity contribution in [1.82, 2.24) is 4.98 Å². The van der Waals surface area contributed by atoms with E-state index in [0.29, 0.717) is 28.4 Å². The van der Waals surface area contributed by atoms with Crippen molar-refractivity contribution < 1.29 is 19.0 Å². The van der Waals surface area contributed by atoms with Gasteiger partial charge in [-0.1, -0.05) is 13.8 Å². The Morgan fingerprint density at radius 2 is 2.19 bits per heavy atom. The molecule has 6 heteroatoms. The molecule has 4 nitrogen and oxygen atoms in total. The molecule has 0 aliphatic rings. The predicted octanol–water partition coefficient (Wildman–Crippen LogP) is 3.85. The van der Waals surface area contributed by atoms with E-state index in [-0.39, 0.29) is 10.8 Å². The molecule has 1 N–H and O–H groups in total. The van der Waals surface area contributed by atoms with Gasteiger partial charge in [-0.05, 0) is 24.5 Å². The van der Waals surface area contributed by atoms with Crippen molar-refractivity contribution in [2.24, 2.45) is 5.92 Å². The molecular formula is C15H16FNO3S. The molecule has 0 aliphatic carbocycles. The summed E-state index contributed by atoms with van der Waals surface area (Å²) in [5, 5.41) is 9.62. The topological polar surface area (TPSA) is 59.4 Å². The van der Waals surface area contributed by atoms with Crippen LogP contribution in [0.1, 0.15) is 29.2 Å². The number of thiazole rings is 1. The fraction of sp³-hybridized carbons (Fsp3) is 0.333. The SMILES string of the molecule is COc1ccc(-c2nc(CC(C)C)c(C(=O)O)s2)c(F)c1. The molecule has 0 radical (unpaired) electrons. The summed E-state index contributed by atoms with van der Waals surface area (Å²) in [7, 11) is 1.46. The molecule has 0 saturated heterocycles. The normalized spacial score (nSPS) is 10.9. The van der Waals surface area contributed by atoms with Gasteiger partial charge in [0.2, 0.25) is 0 Å². The quantitative estimate of drug-likeness (QED) is 0.911. The maximum absolute atomic E-state index is 14.1. The summed E-state index contributed by atoms with van der Waals surface area (Å²) in [6.45, 7) is 3.97. The lowest BCUT2D eigenvalue weighted by atomic mass is 10.1. The Hall–Kier alpha value is -1.95. The second-order valence-corrected chi connectivity index (χ2v) is 6.04. The second-order valence-electron chi connectivity index (χ2n) is 5.04. The molecule has 1 heterocycles. The highest BCUT2D eigenvalue weighted by Gasteiger charge is 2.20. The molecule has 1 aromatic heterocycles. The fourth-order valence-corrected chi connectivity index (χ4v) is 2.91. The number of ether oxygens (including phenoxy) is 1. The van der Waals surface area contributed by atoms with Gasteiger partial charge in [0.25, 0.3) is 0 Å². The van der Waals surface area contributed by atoms with Gasteiger partial charge in [-0.3, -0.25) is 0 Å². The number of carbonyl (C=O) groups is 1. The minimum Gasteiger partial charge on any atom is -0.497 e. The summed E-state index contributed by atoms with van der Waals surface area (Å²) in [6.07, 6.45) is 0.551. The Labute approximate surface area is 126 Å². The third-order valence-electron chi connectivity index (χ3n) is 2.90. The number of methoxy groups -OCH3 is 1. The Morgan fingerprint density at radius 3 is 2.71 bits per heavy atom. The van der Waals surface area contributed by atoms with E-state index in [1.54, 1.807) is 12.1 Å². The standard InChI is InChI=1S/C15H16FNO3S/c1-8(2)6-12-13(15(18)19)21-14(17-12)10-5-4-9(20-3)7-11(10)16/h4-5,7-8H,6H2,1-3H3,(H,18,19). The summed E-state index contributed by atoms with van der Waals surface area (Å²) < 4.78 is 19.0. The van der Waals surface area contributed by atoms with Gasteiger partial charge in [0.1, 0.15) is 21.5 Å². The smallest absolute Gasteiger partial charge is 0.347 e. The largest absolute Gasteiger partial charge is 0.497 e. The Kier molecular flexibility index (Phi) is 4.57. The lowest BCUT2D eigenvalue weighted by molar-refractivity contribution is 0.0700. The van der Waals surface area contributed by atoms with Crippen molar-refractivity contribution in [3.05, 3.63) is 34.6 Å². The van der Waals surface area contributed by atoms with Crippen LogP contribution in [0.3, 0.4) is 0 Å². The molecule has 0 bridgehead atoms. The van der Waals surface area contributed by atoms with E-state index in [0.717, 1.165) is 11.3 Å². The summed E-state index contributed by atoms with van der Waals surface area (Å²) in [5.41, 5.74) is 0.797. The predicted molar refractivity (Wildman–Crippen MR) is 79.6 cm³/mol. The Bertz CT molecular complexity index is 667. The number of benzene rings is 1. The first-order valence-electron chi connectivity index (χ1n) is 6.49. The van der Waals surface area contributed by atoms with Gasteiger partial charge >= 0.3 is 5.97 Å². The number of carboxylic acid groups (broad SMARTS) is 1.